The fourth-order valence-electron chi connectivity index (χ4n) is 3.29. The molecule has 0 saturated carbocycles. The highest BCUT2D eigenvalue weighted by molar-refractivity contribution is 5.94. The van der Waals surface area contributed by atoms with Crippen molar-refractivity contribution in [3.63, 3.8) is 0 Å². The van der Waals surface area contributed by atoms with Crippen LogP contribution in [0.2, 0.25) is 0 Å². The highest BCUT2D eigenvalue weighted by Gasteiger charge is 2.21. The first-order valence-electron chi connectivity index (χ1n) is 10.1. The van der Waals surface area contributed by atoms with Crippen LogP contribution in [0.5, 0.6) is 5.88 Å². The van der Waals surface area contributed by atoms with E-state index in [1.54, 1.807) is 32.9 Å². The Labute approximate surface area is 181 Å². The summed E-state index contributed by atoms with van der Waals surface area (Å²) in [5.74, 6) is 0.388. The summed E-state index contributed by atoms with van der Waals surface area (Å²) >= 11 is 0. The lowest BCUT2D eigenvalue weighted by Gasteiger charge is -2.19. The zero-order valence-corrected chi connectivity index (χ0v) is 18.6. The van der Waals surface area contributed by atoms with Gasteiger partial charge in [-0.1, -0.05) is 18.2 Å². The third-order valence-electron chi connectivity index (χ3n) is 4.81. The summed E-state index contributed by atoms with van der Waals surface area (Å²) in [4.78, 5) is 16.8. The van der Waals surface area contributed by atoms with Crippen molar-refractivity contribution in [3.05, 3.63) is 65.6 Å². The van der Waals surface area contributed by atoms with Crippen LogP contribution < -0.4 is 10.1 Å². The van der Waals surface area contributed by atoms with Gasteiger partial charge in [0, 0.05) is 17.6 Å². The number of anilines is 1. The highest BCUT2D eigenvalue weighted by atomic mass is 19.1. The number of hydrogen-bond donors (Lipinski definition) is 1. The Morgan fingerprint density at radius 2 is 1.94 bits per heavy atom. The van der Waals surface area contributed by atoms with Gasteiger partial charge >= 0.3 is 6.09 Å². The summed E-state index contributed by atoms with van der Waals surface area (Å²) in [7, 11) is 0. The average Bonchev–Trinajstić information content (AvgIpc) is 2.91. The van der Waals surface area contributed by atoms with Gasteiger partial charge in [-0.2, -0.15) is 4.98 Å². The fourth-order valence-corrected chi connectivity index (χ4v) is 3.29. The molecule has 3 rings (SSSR count). The summed E-state index contributed by atoms with van der Waals surface area (Å²) in [5.41, 5.74) is 3.09. The summed E-state index contributed by atoms with van der Waals surface area (Å²) in [6, 6.07) is 7.91. The van der Waals surface area contributed by atoms with Crippen LogP contribution in [0.15, 0.2) is 43.0 Å². The molecule has 1 aromatic carbocycles. The van der Waals surface area contributed by atoms with Crippen LogP contribution in [-0.2, 0) is 17.9 Å². The number of nitrogens with one attached hydrogen (secondary N) is 1. The molecule has 0 aliphatic rings. The number of carbonyl (C=O) groups is 1. The number of halogens is 1. The average molecular weight is 426 g/mol. The van der Waals surface area contributed by atoms with Crippen LogP contribution in [0, 0.1) is 19.7 Å². The van der Waals surface area contributed by atoms with E-state index in [-0.39, 0.29) is 12.4 Å². The topological polar surface area (TPSA) is 65.4 Å². The first-order valence-corrected chi connectivity index (χ1v) is 10.1. The quantitative estimate of drug-likeness (QED) is 0.499. The van der Waals surface area contributed by atoms with Crippen molar-refractivity contribution in [1.82, 2.24) is 9.55 Å². The smallest absolute Gasteiger partial charge is 0.413 e. The second-order valence-electron chi connectivity index (χ2n) is 8.36. The van der Waals surface area contributed by atoms with E-state index in [0.29, 0.717) is 18.2 Å². The van der Waals surface area contributed by atoms with Gasteiger partial charge in [0.2, 0.25) is 5.88 Å². The summed E-state index contributed by atoms with van der Waals surface area (Å²) in [5, 5.41) is 3.60. The molecule has 0 atom stereocenters. The van der Waals surface area contributed by atoms with E-state index >= 15 is 0 Å². The number of ether oxygens (including phenoxy) is 2. The minimum Gasteiger partial charge on any atom is -0.471 e. The van der Waals surface area contributed by atoms with Crippen molar-refractivity contribution in [2.75, 3.05) is 5.32 Å². The van der Waals surface area contributed by atoms with Crippen molar-refractivity contribution in [2.45, 2.75) is 53.4 Å². The second kappa shape index (κ2) is 8.79. The van der Waals surface area contributed by atoms with Crippen LogP contribution in [0.25, 0.3) is 10.9 Å². The molecule has 1 amide bonds. The number of fused-ring (bicyclic) bond motifs is 1. The number of aryl methyl sites for hydroxylation is 1. The maximum Gasteiger partial charge on any atom is 0.413 e. The number of benzene rings is 1. The zero-order valence-electron chi connectivity index (χ0n) is 18.6. The van der Waals surface area contributed by atoms with Crippen LogP contribution in [0.4, 0.5) is 15.0 Å². The van der Waals surface area contributed by atoms with Crippen molar-refractivity contribution < 1.29 is 18.7 Å². The van der Waals surface area contributed by atoms with Crippen LogP contribution in [0.3, 0.4) is 0 Å². The molecule has 31 heavy (non-hydrogen) atoms. The molecule has 0 bridgehead atoms. The Balaban J connectivity index is 2.02. The molecule has 0 radical (unpaired) electrons. The molecule has 164 valence electrons. The van der Waals surface area contributed by atoms with Gasteiger partial charge in [-0.25, -0.2) is 9.18 Å². The molecule has 0 spiro atoms. The molecule has 0 aliphatic heterocycles. The first-order chi connectivity index (χ1) is 14.6. The first kappa shape index (κ1) is 22.3. The van der Waals surface area contributed by atoms with Gasteiger partial charge in [0.25, 0.3) is 0 Å². The van der Waals surface area contributed by atoms with E-state index in [4.69, 9.17) is 9.47 Å². The maximum absolute atomic E-state index is 13.2. The van der Waals surface area contributed by atoms with E-state index in [1.165, 1.54) is 12.1 Å². The Hall–Kier alpha value is -3.35. The lowest BCUT2D eigenvalue weighted by molar-refractivity contribution is 0.0635. The zero-order chi connectivity index (χ0) is 22.8. The van der Waals surface area contributed by atoms with E-state index < -0.39 is 11.7 Å². The summed E-state index contributed by atoms with van der Waals surface area (Å²) in [6.45, 7) is 14.0. The Kier molecular flexibility index (Phi) is 6.34. The normalized spacial score (nSPS) is 11.4. The molecule has 1 N–H and O–H groups in total. The molecule has 0 unspecified atom stereocenters. The van der Waals surface area contributed by atoms with E-state index in [9.17, 15) is 9.18 Å². The van der Waals surface area contributed by atoms with Gasteiger partial charge in [0.05, 0.1) is 0 Å². The van der Waals surface area contributed by atoms with Gasteiger partial charge in [0.15, 0.2) is 0 Å². The Morgan fingerprint density at radius 3 is 2.55 bits per heavy atom. The van der Waals surface area contributed by atoms with E-state index in [0.717, 1.165) is 27.7 Å². The standard InChI is InChI=1S/C24H28FN3O3/c1-7-12-28-16(3)15(2)19-13-20(27-23(29)31-24(4,5)6)26-22(21(19)28)30-14-17-8-10-18(25)11-9-17/h7-11,13H,1,12,14H2,2-6H3,(H,26,27,29). The van der Waals surface area contributed by atoms with Gasteiger partial charge < -0.3 is 14.0 Å². The highest BCUT2D eigenvalue weighted by Crippen LogP contribution is 2.34. The predicted octanol–water partition coefficient (Wildman–Crippen LogP) is 5.90. The number of pyridine rings is 1. The lowest BCUT2D eigenvalue weighted by atomic mass is 10.2. The fraction of sp³-hybridized carbons (Fsp3) is 0.333. The minimum absolute atomic E-state index is 0.204. The molecule has 0 fully saturated rings. The SMILES string of the molecule is C=CCn1c(C)c(C)c2cc(NC(=O)OC(C)(C)C)nc(OCc3ccc(F)cc3)c21. The second-order valence-corrected chi connectivity index (χ2v) is 8.36. The van der Waals surface area contributed by atoms with E-state index in [1.807, 2.05) is 26.0 Å². The van der Waals surface area contributed by atoms with Gasteiger partial charge in [0.1, 0.15) is 29.4 Å². The molecular weight excluding hydrogens is 397 g/mol. The Morgan fingerprint density at radius 1 is 1.26 bits per heavy atom. The number of aromatic nitrogens is 2. The van der Waals surface area contributed by atoms with Crippen LogP contribution in [-0.4, -0.2) is 21.2 Å². The minimum atomic E-state index is -0.629. The number of hydrogen-bond acceptors (Lipinski definition) is 4. The third kappa shape index (κ3) is 5.23. The molecule has 0 saturated heterocycles. The molecule has 2 heterocycles. The van der Waals surface area contributed by atoms with Gasteiger partial charge in [-0.3, -0.25) is 5.32 Å². The van der Waals surface area contributed by atoms with Crippen molar-refractivity contribution in [1.29, 1.82) is 0 Å². The lowest BCUT2D eigenvalue weighted by Crippen LogP contribution is -2.27. The largest absolute Gasteiger partial charge is 0.471 e. The Bertz CT molecular complexity index is 1110. The maximum atomic E-state index is 13.2. The molecular formula is C24H28FN3O3. The van der Waals surface area contributed by atoms with Crippen LogP contribution >= 0.6 is 0 Å². The number of rotatable bonds is 6. The molecule has 2 aromatic heterocycles. The third-order valence-corrected chi connectivity index (χ3v) is 4.81. The van der Waals surface area contributed by atoms with Crippen molar-refractivity contribution in [2.24, 2.45) is 0 Å². The summed E-state index contributed by atoms with van der Waals surface area (Å²) < 4.78 is 26.7. The van der Waals surface area contributed by atoms with Crippen molar-refractivity contribution in [3.8, 4) is 5.88 Å². The van der Waals surface area contributed by atoms with E-state index in [2.05, 4.69) is 21.4 Å². The molecule has 7 heteroatoms. The number of nitrogens with zero attached hydrogens (tertiary/aromatic N) is 2. The number of amides is 1. The van der Waals surface area contributed by atoms with Crippen molar-refractivity contribution >= 4 is 22.8 Å². The molecule has 6 nitrogen and oxygen atoms in total. The number of allylic oxidation sites excluding steroid dienone is 1. The predicted molar refractivity (Wildman–Crippen MR) is 120 cm³/mol. The van der Waals surface area contributed by atoms with Gasteiger partial charge in [-0.05, 0) is 63.9 Å². The summed E-state index contributed by atoms with van der Waals surface area (Å²) in [6.07, 6.45) is 1.21. The molecule has 0 aliphatic carbocycles. The monoisotopic (exact) mass is 425 g/mol. The number of carbonyl (C=O) groups excluding carboxylic acids is 1. The molecule has 3 aromatic rings. The van der Waals surface area contributed by atoms with Gasteiger partial charge in [-0.15, -0.1) is 6.58 Å². The van der Waals surface area contributed by atoms with Crippen LogP contribution in [0.1, 0.15) is 37.6 Å².